The van der Waals surface area contributed by atoms with Crippen LogP contribution in [0.15, 0.2) is 35.0 Å². The number of carbonyl (C=O) groups is 3. The van der Waals surface area contributed by atoms with Gasteiger partial charge in [-0.05, 0) is 29.0 Å². The summed E-state index contributed by atoms with van der Waals surface area (Å²) >= 11 is 9.11. The Morgan fingerprint density at radius 3 is 2.86 bits per heavy atom. The first-order chi connectivity index (χ1) is 13.8. The Morgan fingerprint density at radius 2 is 2.17 bits per heavy atom. The minimum Gasteiger partial charge on any atom is -0.498 e. The molecule has 0 spiro atoms. The van der Waals surface area contributed by atoms with Gasteiger partial charge in [-0.15, -0.1) is 23.1 Å². The zero-order chi connectivity index (χ0) is 20.9. The second-order valence-corrected chi connectivity index (χ2v) is 8.91. The van der Waals surface area contributed by atoms with E-state index >= 15 is 0 Å². The molecule has 2 aliphatic rings. The first-order valence-corrected chi connectivity index (χ1v) is 10.8. The molecule has 2 aliphatic heterocycles. The molecule has 3 atom stereocenters. The van der Waals surface area contributed by atoms with Crippen LogP contribution in [0.4, 0.5) is 0 Å². The zero-order valence-electron chi connectivity index (χ0n) is 15.0. The molecule has 11 heteroatoms. The number of rotatable bonds is 5. The third-order valence-electron chi connectivity index (χ3n) is 4.90. The number of aliphatic carboxylic acids is 1. The summed E-state index contributed by atoms with van der Waals surface area (Å²) in [6.45, 7) is 0. The predicted octanol–water partition coefficient (Wildman–Crippen LogP) is 1.90. The summed E-state index contributed by atoms with van der Waals surface area (Å²) in [6, 6.07) is 3.45. The van der Waals surface area contributed by atoms with Gasteiger partial charge in [0, 0.05) is 15.3 Å². The highest BCUT2D eigenvalue weighted by Crippen LogP contribution is 2.41. The number of carbonyl (C=O) groups excluding carboxylic acids is 2. The fraction of sp³-hybridized carbons (Fsp3) is 0.278. The fourth-order valence-electron chi connectivity index (χ4n) is 3.48. The van der Waals surface area contributed by atoms with Crippen LogP contribution >= 0.6 is 34.7 Å². The van der Waals surface area contributed by atoms with Crippen molar-refractivity contribution in [2.75, 3.05) is 12.9 Å². The first kappa shape index (κ1) is 20.0. The number of ether oxygens (including phenoxy) is 1. The van der Waals surface area contributed by atoms with Crippen LogP contribution < -0.4 is 11.1 Å². The molecule has 0 bridgehead atoms. The highest BCUT2D eigenvalue weighted by atomic mass is 35.5. The number of methoxy groups -OCH3 is 1. The summed E-state index contributed by atoms with van der Waals surface area (Å²) in [7, 11) is 1.36. The number of fused-ring (bicyclic) bond motifs is 2. The van der Waals surface area contributed by atoms with E-state index in [0.29, 0.717) is 10.6 Å². The van der Waals surface area contributed by atoms with Gasteiger partial charge in [-0.1, -0.05) is 11.6 Å². The minimum atomic E-state index is -1.25. The van der Waals surface area contributed by atoms with Crippen LogP contribution in [-0.2, 0) is 19.1 Å². The molecule has 0 radical (unpaired) electrons. The number of halogens is 1. The summed E-state index contributed by atoms with van der Waals surface area (Å²) in [6.07, 6.45) is 0. The Kier molecular flexibility index (Phi) is 5.19. The van der Waals surface area contributed by atoms with Gasteiger partial charge in [-0.3, -0.25) is 14.5 Å². The lowest BCUT2D eigenvalue weighted by atomic mass is 10.0. The maximum atomic E-state index is 12.8. The van der Waals surface area contributed by atoms with Crippen LogP contribution in [-0.4, -0.2) is 52.1 Å². The van der Waals surface area contributed by atoms with Crippen molar-refractivity contribution in [2.45, 2.75) is 17.5 Å². The fourth-order valence-corrected chi connectivity index (χ4v) is 5.87. The van der Waals surface area contributed by atoms with E-state index in [1.54, 1.807) is 6.07 Å². The number of thioether (sulfide) groups is 1. The van der Waals surface area contributed by atoms with E-state index in [1.165, 1.54) is 30.2 Å². The van der Waals surface area contributed by atoms with Crippen molar-refractivity contribution in [3.05, 3.63) is 45.6 Å². The minimum absolute atomic E-state index is 0.192. The van der Waals surface area contributed by atoms with Gasteiger partial charge in [0.1, 0.15) is 23.2 Å². The van der Waals surface area contributed by atoms with E-state index in [0.717, 1.165) is 15.0 Å². The van der Waals surface area contributed by atoms with Gasteiger partial charge in [0.15, 0.2) is 5.70 Å². The average Bonchev–Trinajstić information content (AvgIpc) is 3.18. The molecule has 29 heavy (non-hydrogen) atoms. The van der Waals surface area contributed by atoms with Gasteiger partial charge in [0.25, 0.3) is 5.91 Å². The van der Waals surface area contributed by atoms with Crippen molar-refractivity contribution in [3.63, 3.8) is 0 Å². The van der Waals surface area contributed by atoms with Crippen LogP contribution in [0.5, 0.6) is 0 Å². The van der Waals surface area contributed by atoms with Crippen molar-refractivity contribution in [1.82, 2.24) is 10.2 Å². The third-order valence-corrected chi connectivity index (χ3v) is 7.36. The monoisotopic (exact) mass is 453 g/mol. The van der Waals surface area contributed by atoms with Crippen LogP contribution in [0.3, 0.4) is 0 Å². The van der Waals surface area contributed by atoms with Crippen LogP contribution in [0.25, 0.3) is 10.1 Å². The second-order valence-electron chi connectivity index (χ2n) is 6.45. The molecule has 1 saturated heterocycles. The number of nitrogens with zero attached hydrogens (tertiary/aromatic N) is 1. The predicted molar refractivity (Wildman–Crippen MR) is 110 cm³/mol. The molecule has 1 unspecified atom stereocenters. The molecule has 4 rings (SSSR count). The van der Waals surface area contributed by atoms with Crippen molar-refractivity contribution >= 4 is 62.6 Å². The lowest BCUT2D eigenvalue weighted by Crippen LogP contribution is -2.71. The quantitative estimate of drug-likeness (QED) is 0.591. The number of carboxylic acids is 1. The summed E-state index contributed by atoms with van der Waals surface area (Å²) in [4.78, 5) is 38.1. The lowest BCUT2D eigenvalue weighted by Gasteiger charge is -2.49. The third kappa shape index (κ3) is 3.16. The topological polar surface area (TPSA) is 122 Å². The van der Waals surface area contributed by atoms with Crippen molar-refractivity contribution in [2.24, 2.45) is 5.73 Å². The number of hydrogen-bond acceptors (Lipinski definition) is 7. The number of hydrogen-bond donors (Lipinski definition) is 3. The average molecular weight is 454 g/mol. The van der Waals surface area contributed by atoms with Crippen molar-refractivity contribution < 1.29 is 24.2 Å². The van der Waals surface area contributed by atoms with Gasteiger partial charge < -0.3 is 20.9 Å². The van der Waals surface area contributed by atoms with Gasteiger partial charge in [0.2, 0.25) is 5.91 Å². The number of benzene rings is 1. The van der Waals surface area contributed by atoms with Crippen LogP contribution in [0.1, 0.15) is 11.6 Å². The van der Waals surface area contributed by atoms with Crippen LogP contribution in [0.2, 0.25) is 5.02 Å². The number of nitrogens with two attached hydrogens (primary N) is 1. The van der Waals surface area contributed by atoms with Crippen molar-refractivity contribution in [1.29, 1.82) is 0 Å². The normalized spacial score (nSPS) is 22.2. The summed E-state index contributed by atoms with van der Waals surface area (Å²) in [5.74, 6) is -1.83. The molecule has 3 heterocycles. The van der Waals surface area contributed by atoms with Crippen LogP contribution in [0, 0.1) is 0 Å². The van der Waals surface area contributed by atoms with E-state index in [4.69, 9.17) is 22.1 Å². The molecule has 1 aromatic carbocycles. The molecule has 8 nitrogen and oxygen atoms in total. The zero-order valence-corrected chi connectivity index (χ0v) is 17.4. The van der Waals surface area contributed by atoms with Crippen molar-refractivity contribution in [3.8, 4) is 0 Å². The molecule has 0 aliphatic carbocycles. The molecule has 2 aromatic rings. The largest absolute Gasteiger partial charge is 0.498 e. The van der Waals surface area contributed by atoms with E-state index in [-0.39, 0.29) is 17.2 Å². The second kappa shape index (κ2) is 7.52. The Morgan fingerprint density at radius 1 is 1.41 bits per heavy atom. The summed E-state index contributed by atoms with van der Waals surface area (Å²) < 4.78 is 6.04. The molecular formula is C18H16ClN3O5S2. The number of amides is 2. The van der Waals surface area contributed by atoms with Gasteiger partial charge in [-0.2, -0.15) is 0 Å². The molecule has 4 N–H and O–H groups in total. The number of carboxylic acid groups (broad SMARTS) is 1. The van der Waals surface area contributed by atoms with Gasteiger partial charge in [0.05, 0.1) is 12.9 Å². The summed E-state index contributed by atoms with van der Waals surface area (Å²) in [5, 5.41) is 14.6. The highest BCUT2D eigenvalue weighted by Gasteiger charge is 2.55. The maximum absolute atomic E-state index is 12.8. The maximum Gasteiger partial charge on any atom is 0.356 e. The van der Waals surface area contributed by atoms with E-state index in [2.05, 4.69) is 5.32 Å². The van der Waals surface area contributed by atoms with E-state index in [9.17, 15) is 19.5 Å². The molecule has 2 amide bonds. The smallest absolute Gasteiger partial charge is 0.356 e. The summed E-state index contributed by atoms with van der Waals surface area (Å²) in [5.41, 5.74) is 6.48. The Balaban J connectivity index is 1.55. The molecular weight excluding hydrogens is 438 g/mol. The SMILES string of the molecule is COC1=C(C(=O)O)N2C(=O)[C@@H](NC(=O)C(N)c3c(Cl)ccc4sccc34)[C@@H]2SC1. The number of thiophene rings is 1. The highest BCUT2D eigenvalue weighted by molar-refractivity contribution is 8.00. The van der Waals surface area contributed by atoms with E-state index in [1.807, 2.05) is 17.5 Å². The number of β-lactam (4-membered cyclic amide) rings is 1. The molecule has 1 fully saturated rings. The Bertz CT molecular complexity index is 1070. The van der Waals surface area contributed by atoms with E-state index < -0.39 is 35.2 Å². The molecule has 152 valence electrons. The molecule has 1 aromatic heterocycles. The van der Waals surface area contributed by atoms with Gasteiger partial charge in [-0.25, -0.2) is 4.79 Å². The van der Waals surface area contributed by atoms with Gasteiger partial charge >= 0.3 is 5.97 Å². The first-order valence-electron chi connectivity index (χ1n) is 8.51. The lowest BCUT2D eigenvalue weighted by molar-refractivity contribution is -0.151. The Hall–Kier alpha value is -2.27. The Labute approximate surface area is 178 Å². The standard InChI is InChI=1S/C18H16ClN3O5S2/c1-27-9-6-29-17-13(16(24)22(17)14(9)18(25)26)21-15(23)12(20)11-7-4-5-28-10(7)3-2-8(11)19/h2-5,12-13,17H,6,20H2,1H3,(H,21,23)(H,25,26)/t12?,13-,17+/m1/s1. The molecule has 0 saturated carbocycles. The number of nitrogens with one attached hydrogen (secondary N) is 1.